The van der Waals surface area contributed by atoms with E-state index in [1.165, 1.54) is 12.1 Å². The van der Waals surface area contributed by atoms with Gasteiger partial charge in [0.05, 0.1) is 23.9 Å². The van der Waals surface area contributed by atoms with Gasteiger partial charge in [-0.3, -0.25) is 4.79 Å². The van der Waals surface area contributed by atoms with Gasteiger partial charge in [-0.2, -0.15) is 0 Å². The molecule has 2 N–H and O–H groups in total. The number of hydrogen-bond donors (Lipinski definition) is 2. The summed E-state index contributed by atoms with van der Waals surface area (Å²) in [4.78, 5) is 14.5. The number of rotatable bonds is 4. The maximum absolute atomic E-state index is 12.9. The molecule has 1 aliphatic rings. The van der Waals surface area contributed by atoms with Crippen molar-refractivity contribution in [2.75, 3.05) is 23.3 Å². The average Bonchev–Trinajstić information content (AvgIpc) is 2.58. The molecule has 1 amide bonds. The maximum atomic E-state index is 12.9. The summed E-state index contributed by atoms with van der Waals surface area (Å²) < 4.78 is 12.9. The van der Waals surface area contributed by atoms with E-state index in [9.17, 15) is 14.3 Å². The molecular formula is C19H21FN2O2. The number of nitrogens with zero attached hydrogens (tertiary/aromatic N) is 1. The van der Waals surface area contributed by atoms with Crippen LogP contribution in [0.1, 0.15) is 18.4 Å². The van der Waals surface area contributed by atoms with E-state index in [0.717, 1.165) is 42.9 Å². The summed E-state index contributed by atoms with van der Waals surface area (Å²) in [6.07, 6.45) is 1.43. The predicted molar refractivity (Wildman–Crippen MR) is 92.6 cm³/mol. The lowest BCUT2D eigenvalue weighted by Gasteiger charge is -2.32. The van der Waals surface area contributed by atoms with Gasteiger partial charge in [0.2, 0.25) is 5.91 Å². The van der Waals surface area contributed by atoms with Crippen LogP contribution in [0.4, 0.5) is 15.8 Å². The molecule has 0 unspecified atom stereocenters. The number of piperidine rings is 1. The second-order valence-electron chi connectivity index (χ2n) is 6.09. The second-order valence-corrected chi connectivity index (χ2v) is 6.09. The quantitative estimate of drug-likeness (QED) is 0.907. The maximum Gasteiger partial charge on any atom is 0.228 e. The molecule has 0 spiro atoms. The number of para-hydroxylation sites is 2. The van der Waals surface area contributed by atoms with Crippen molar-refractivity contribution >= 4 is 17.3 Å². The number of carbonyl (C=O) groups is 1. The Balaban J connectivity index is 1.68. The fourth-order valence-corrected chi connectivity index (χ4v) is 2.94. The Morgan fingerprint density at radius 1 is 1.12 bits per heavy atom. The van der Waals surface area contributed by atoms with E-state index >= 15 is 0 Å². The summed E-state index contributed by atoms with van der Waals surface area (Å²) in [7, 11) is 0. The summed E-state index contributed by atoms with van der Waals surface area (Å²) in [6.45, 7) is 1.54. The lowest BCUT2D eigenvalue weighted by atomic mass is 10.1. The van der Waals surface area contributed by atoms with E-state index < -0.39 is 0 Å². The zero-order valence-electron chi connectivity index (χ0n) is 13.4. The van der Waals surface area contributed by atoms with Crippen molar-refractivity contribution in [3.63, 3.8) is 0 Å². The van der Waals surface area contributed by atoms with Gasteiger partial charge in [-0.15, -0.1) is 0 Å². The zero-order valence-corrected chi connectivity index (χ0v) is 13.4. The van der Waals surface area contributed by atoms with Gasteiger partial charge in [-0.1, -0.05) is 24.3 Å². The Bertz CT molecular complexity index is 695. The van der Waals surface area contributed by atoms with Gasteiger partial charge in [0, 0.05) is 13.1 Å². The van der Waals surface area contributed by atoms with Crippen LogP contribution in [-0.4, -0.2) is 30.2 Å². The predicted octanol–water partition coefficient (Wildman–Crippen LogP) is 2.97. The van der Waals surface area contributed by atoms with Crippen molar-refractivity contribution in [2.45, 2.75) is 25.4 Å². The van der Waals surface area contributed by atoms with Crippen LogP contribution in [0.3, 0.4) is 0 Å². The zero-order chi connectivity index (χ0) is 16.9. The first-order valence-electron chi connectivity index (χ1n) is 8.18. The standard InChI is InChI=1S/C19H21FN2O2/c20-15-7-5-14(6-8-15)13-19(24)21-17-3-1-2-4-18(17)22-11-9-16(23)10-12-22/h1-8,16,23H,9-13H2,(H,21,24). The van der Waals surface area contributed by atoms with Crippen LogP contribution in [0.25, 0.3) is 0 Å². The monoisotopic (exact) mass is 328 g/mol. The molecule has 5 heteroatoms. The highest BCUT2D eigenvalue weighted by Gasteiger charge is 2.19. The molecule has 4 nitrogen and oxygen atoms in total. The number of nitrogens with one attached hydrogen (secondary N) is 1. The molecule has 1 fully saturated rings. The first kappa shape index (κ1) is 16.5. The molecule has 2 aromatic rings. The summed E-state index contributed by atoms with van der Waals surface area (Å²) in [5, 5.41) is 12.6. The van der Waals surface area contributed by atoms with E-state index in [-0.39, 0.29) is 24.2 Å². The van der Waals surface area contributed by atoms with Crippen LogP contribution in [0.2, 0.25) is 0 Å². The Labute approximate surface area is 140 Å². The third-order valence-electron chi connectivity index (χ3n) is 4.26. The van der Waals surface area contributed by atoms with Gasteiger partial charge in [0.1, 0.15) is 5.82 Å². The van der Waals surface area contributed by atoms with Gasteiger partial charge >= 0.3 is 0 Å². The van der Waals surface area contributed by atoms with E-state index in [2.05, 4.69) is 10.2 Å². The van der Waals surface area contributed by atoms with Crippen molar-refractivity contribution in [3.8, 4) is 0 Å². The smallest absolute Gasteiger partial charge is 0.228 e. The number of aliphatic hydroxyl groups excluding tert-OH is 1. The first-order valence-corrected chi connectivity index (χ1v) is 8.18. The minimum Gasteiger partial charge on any atom is -0.393 e. The molecule has 1 saturated heterocycles. The lowest BCUT2D eigenvalue weighted by molar-refractivity contribution is -0.115. The van der Waals surface area contributed by atoms with Crippen molar-refractivity contribution in [3.05, 3.63) is 59.9 Å². The number of amides is 1. The van der Waals surface area contributed by atoms with Gasteiger partial charge < -0.3 is 15.3 Å². The Kier molecular flexibility index (Phi) is 5.11. The van der Waals surface area contributed by atoms with Gasteiger partial charge in [0.25, 0.3) is 0 Å². The first-order chi connectivity index (χ1) is 11.6. The molecule has 0 bridgehead atoms. The summed E-state index contributed by atoms with van der Waals surface area (Å²) in [5.74, 6) is -0.442. The van der Waals surface area contributed by atoms with Crippen LogP contribution in [0.15, 0.2) is 48.5 Å². The normalized spacial score (nSPS) is 15.3. The lowest BCUT2D eigenvalue weighted by Crippen LogP contribution is -2.36. The highest BCUT2D eigenvalue weighted by Crippen LogP contribution is 2.28. The largest absolute Gasteiger partial charge is 0.393 e. The SMILES string of the molecule is O=C(Cc1ccc(F)cc1)Nc1ccccc1N1CCC(O)CC1. The molecule has 0 saturated carbocycles. The van der Waals surface area contributed by atoms with Crippen molar-refractivity contribution in [1.82, 2.24) is 0 Å². The molecule has 24 heavy (non-hydrogen) atoms. The summed E-state index contributed by atoms with van der Waals surface area (Å²) >= 11 is 0. The fraction of sp³-hybridized carbons (Fsp3) is 0.316. The Morgan fingerprint density at radius 2 is 1.79 bits per heavy atom. The third kappa shape index (κ3) is 4.11. The highest BCUT2D eigenvalue weighted by atomic mass is 19.1. The van der Waals surface area contributed by atoms with Gasteiger partial charge in [-0.25, -0.2) is 4.39 Å². The van der Waals surface area contributed by atoms with Crippen LogP contribution in [0.5, 0.6) is 0 Å². The van der Waals surface area contributed by atoms with E-state index in [0.29, 0.717) is 0 Å². The molecule has 2 aromatic carbocycles. The topological polar surface area (TPSA) is 52.6 Å². The van der Waals surface area contributed by atoms with Gasteiger partial charge in [0.15, 0.2) is 0 Å². The van der Waals surface area contributed by atoms with Crippen LogP contribution in [-0.2, 0) is 11.2 Å². The Hall–Kier alpha value is -2.40. The minimum atomic E-state index is -0.309. The fourth-order valence-electron chi connectivity index (χ4n) is 2.94. The number of anilines is 2. The summed E-state index contributed by atoms with van der Waals surface area (Å²) in [6, 6.07) is 13.6. The summed E-state index contributed by atoms with van der Waals surface area (Å²) in [5.41, 5.74) is 2.50. The number of hydrogen-bond acceptors (Lipinski definition) is 3. The molecule has 0 aliphatic carbocycles. The van der Waals surface area contributed by atoms with Crippen LogP contribution >= 0.6 is 0 Å². The van der Waals surface area contributed by atoms with Crippen LogP contribution in [0, 0.1) is 5.82 Å². The molecule has 0 radical (unpaired) electrons. The van der Waals surface area contributed by atoms with Crippen molar-refractivity contribution < 1.29 is 14.3 Å². The number of halogens is 1. The Morgan fingerprint density at radius 3 is 2.50 bits per heavy atom. The van der Waals surface area contributed by atoms with Gasteiger partial charge in [-0.05, 0) is 42.7 Å². The molecular weight excluding hydrogens is 307 g/mol. The molecule has 1 aliphatic heterocycles. The highest BCUT2D eigenvalue weighted by molar-refractivity contribution is 5.95. The molecule has 0 atom stereocenters. The van der Waals surface area contributed by atoms with E-state index in [1.807, 2.05) is 24.3 Å². The molecule has 126 valence electrons. The van der Waals surface area contributed by atoms with E-state index in [1.54, 1.807) is 12.1 Å². The number of benzene rings is 2. The minimum absolute atomic E-state index is 0.133. The third-order valence-corrected chi connectivity index (χ3v) is 4.26. The molecule has 3 rings (SSSR count). The van der Waals surface area contributed by atoms with E-state index in [4.69, 9.17) is 0 Å². The average molecular weight is 328 g/mol. The molecule has 1 heterocycles. The number of carbonyl (C=O) groups excluding carboxylic acids is 1. The molecule has 0 aromatic heterocycles. The van der Waals surface area contributed by atoms with Crippen LogP contribution < -0.4 is 10.2 Å². The van der Waals surface area contributed by atoms with Crippen molar-refractivity contribution in [2.24, 2.45) is 0 Å². The van der Waals surface area contributed by atoms with Crippen molar-refractivity contribution in [1.29, 1.82) is 0 Å². The number of aliphatic hydroxyl groups is 1. The second kappa shape index (κ2) is 7.45.